The molecule has 2 aromatic rings. The van der Waals surface area contributed by atoms with Gasteiger partial charge in [0, 0.05) is 6.42 Å². The lowest BCUT2D eigenvalue weighted by atomic mass is 10.1. The van der Waals surface area contributed by atoms with Crippen LogP contribution in [0.1, 0.15) is 57.2 Å². The largest absolute Gasteiger partial charge is 0.493 e. The normalized spacial score (nSPS) is 11.5. The Labute approximate surface area is 197 Å². The third-order valence-electron chi connectivity index (χ3n) is 5.13. The predicted molar refractivity (Wildman–Crippen MR) is 129 cm³/mol. The molecule has 7 nitrogen and oxygen atoms in total. The third kappa shape index (κ3) is 7.48. The number of carbonyl (C=O) groups is 1. The number of rotatable bonds is 14. The maximum atomic E-state index is 12.6. The van der Waals surface area contributed by atoms with E-state index in [0.29, 0.717) is 49.1 Å². The Morgan fingerprint density at radius 1 is 0.848 bits per heavy atom. The molecule has 1 N–H and O–H groups in total. The molecule has 0 fully saturated rings. The second kappa shape index (κ2) is 13.5. The van der Waals surface area contributed by atoms with Crippen LogP contribution >= 0.6 is 0 Å². The van der Waals surface area contributed by atoms with E-state index >= 15 is 0 Å². The summed E-state index contributed by atoms with van der Waals surface area (Å²) in [4.78, 5) is 12.6. The van der Waals surface area contributed by atoms with Crippen LogP contribution in [0.5, 0.6) is 28.7 Å². The van der Waals surface area contributed by atoms with E-state index in [-0.39, 0.29) is 11.9 Å². The topological polar surface area (TPSA) is 75.3 Å². The van der Waals surface area contributed by atoms with E-state index in [9.17, 15) is 4.79 Å². The molecule has 0 radical (unpaired) electrons. The number of methoxy groups -OCH3 is 3. The van der Waals surface area contributed by atoms with Crippen molar-refractivity contribution >= 4 is 5.91 Å². The summed E-state index contributed by atoms with van der Waals surface area (Å²) in [5, 5.41) is 3.07. The fourth-order valence-corrected chi connectivity index (χ4v) is 3.38. The van der Waals surface area contributed by atoms with Crippen molar-refractivity contribution in [3.8, 4) is 28.7 Å². The van der Waals surface area contributed by atoms with Crippen LogP contribution in [0, 0.1) is 0 Å². The van der Waals surface area contributed by atoms with Gasteiger partial charge >= 0.3 is 0 Å². The Hall–Kier alpha value is -3.09. The highest BCUT2D eigenvalue weighted by atomic mass is 16.5. The Balaban J connectivity index is 2.04. The van der Waals surface area contributed by atoms with Crippen LogP contribution in [0.4, 0.5) is 0 Å². The van der Waals surface area contributed by atoms with Gasteiger partial charge in [-0.1, -0.05) is 19.9 Å². The third-order valence-corrected chi connectivity index (χ3v) is 5.13. The Bertz CT molecular complexity index is 873. The molecule has 33 heavy (non-hydrogen) atoms. The van der Waals surface area contributed by atoms with E-state index in [1.54, 1.807) is 21.3 Å². The van der Waals surface area contributed by atoms with Crippen LogP contribution in [0.3, 0.4) is 0 Å². The number of hydrogen-bond acceptors (Lipinski definition) is 6. The quantitative estimate of drug-likeness (QED) is 0.424. The Morgan fingerprint density at radius 2 is 1.45 bits per heavy atom. The summed E-state index contributed by atoms with van der Waals surface area (Å²) >= 11 is 0. The highest BCUT2D eigenvalue weighted by Gasteiger charge is 2.16. The van der Waals surface area contributed by atoms with Gasteiger partial charge in [0.1, 0.15) is 0 Å². The Morgan fingerprint density at radius 3 is 2.00 bits per heavy atom. The molecular weight excluding hydrogens is 422 g/mol. The zero-order valence-electron chi connectivity index (χ0n) is 20.7. The van der Waals surface area contributed by atoms with Gasteiger partial charge in [-0.25, -0.2) is 0 Å². The smallest absolute Gasteiger partial charge is 0.220 e. The first-order chi connectivity index (χ1) is 16.0. The number of aryl methyl sites for hydroxylation is 1. The lowest BCUT2D eigenvalue weighted by molar-refractivity contribution is -0.121. The van der Waals surface area contributed by atoms with E-state index in [2.05, 4.69) is 19.2 Å². The minimum atomic E-state index is -0.165. The van der Waals surface area contributed by atoms with Gasteiger partial charge in [-0.3, -0.25) is 4.79 Å². The molecule has 0 aromatic heterocycles. The van der Waals surface area contributed by atoms with Gasteiger partial charge < -0.3 is 29.0 Å². The van der Waals surface area contributed by atoms with Crippen molar-refractivity contribution in [2.75, 3.05) is 34.5 Å². The maximum Gasteiger partial charge on any atom is 0.220 e. The minimum absolute atomic E-state index is 0.0430. The first-order valence-corrected chi connectivity index (χ1v) is 11.4. The first-order valence-electron chi connectivity index (χ1n) is 11.4. The van der Waals surface area contributed by atoms with Crippen molar-refractivity contribution < 1.29 is 28.5 Å². The first kappa shape index (κ1) is 26.2. The molecular formula is C26H37NO6. The molecule has 2 aromatic carbocycles. The molecule has 1 unspecified atom stereocenters. The van der Waals surface area contributed by atoms with Crippen LogP contribution in [-0.2, 0) is 11.2 Å². The zero-order chi connectivity index (χ0) is 24.2. The molecule has 0 saturated carbocycles. The van der Waals surface area contributed by atoms with E-state index in [4.69, 9.17) is 23.7 Å². The molecule has 0 aliphatic carbocycles. The van der Waals surface area contributed by atoms with Crippen LogP contribution in [0.25, 0.3) is 0 Å². The second-order valence-electron chi connectivity index (χ2n) is 7.73. The van der Waals surface area contributed by atoms with Gasteiger partial charge in [-0.05, 0) is 61.6 Å². The van der Waals surface area contributed by atoms with E-state index < -0.39 is 0 Å². The predicted octanol–water partition coefficient (Wildman–Crippen LogP) is 5.10. The molecule has 2 rings (SSSR count). The standard InChI is InChI=1S/C26H37NO6/c1-7-13-32-21-11-10-20(17-22(21)33-14-8-2)18(3)27-25(28)12-9-19-15-23(29-4)26(31-6)24(16-19)30-5/h10-11,15-18H,7-9,12-14H2,1-6H3,(H,27,28). The maximum absolute atomic E-state index is 12.6. The summed E-state index contributed by atoms with van der Waals surface area (Å²) in [5.41, 5.74) is 1.89. The number of ether oxygens (including phenoxy) is 5. The summed E-state index contributed by atoms with van der Waals surface area (Å²) in [5.74, 6) is 3.08. The fraction of sp³-hybridized carbons (Fsp3) is 0.500. The second-order valence-corrected chi connectivity index (χ2v) is 7.73. The molecule has 7 heteroatoms. The lowest BCUT2D eigenvalue weighted by Crippen LogP contribution is -2.26. The molecule has 0 saturated heterocycles. The zero-order valence-corrected chi connectivity index (χ0v) is 20.7. The molecule has 0 aliphatic heterocycles. The number of nitrogens with one attached hydrogen (secondary N) is 1. The highest BCUT2D eigenvalue weighted by Crippen LogP contribution is 2.38. The molecule has 182 valence electrons. The molecule has 0 aliphatic rings. The number of benzene rings is 2. The van der Waals surface area contributed by atoms with E-state index in [1.807, 2.05) is 37.3 Å². The minimum Gasteiger partial charge on any atom is -0.493 e. The van der Waals surface area contributed by atoms with Gasteiger partial charge in [0.25, 0.3) is 0 Å². The van der Waals surface area contributed by atoms with Crippen LogP contribution in [-0.4, -0.2) is 40.5 Å². The Kier molecular flexibility index (Phi) is 10.7. The van der Waals surface area contributed by atoms with Crippen molar-refractivity contribution in [1.82, 2.24) is 5.32 Å². The SMILES string of the molecule is CCCOc1ccc(C(C)NC(=O)CCc2cc(OC)c(OC)c(OC)c2)cc1OCCC. The number of carbonyl (C=O) groups excluding carboxylic acids is 1. The van der Waals surface area contributed by atoms with Gasteiger partial charge in [0.05, 0.1) is 40.6 Å². The monoisotopic (exact) mass is 459 g/mol. The van der Waals surface area contributed by atoms with Crippen molar-refractivity contribution in [2.45, 2.75) is 52.5 Å². The summed E-state index contributed by atoms with van der Waals surface area (Å²) in [6, 6.07) is 9.39. The van der Waals surface area contributed by atoms with Gasteiger partial charge in [-0.15, -0.1) is 0 Å². The lowest BCUT2D eigenvalue weighted by Gasteiger charge is -2.18. The summed E-state index contributed by atoms with van der Waals surface area (Å²) in [6.45, 7) is 7.34. The molecule has 1 amide bonds. The molecule has 0 bridgehead atoms. The fourth-order valence-electron chi connectivity index (χ4n) is 3.38. The van der Waals surface area contributed by atoms with Crippen LogP contribution < -0.4 is 29.0 Å². The van der Waals surface area contributed by atoms with E-state index in [0.717, 1.165) is 29.7 Å². The van der Waals surface area contributed by atoms with Crippen LogP contribution in [0.2, 0.25) is 0 Å². The van der Waals surface area contributed by atoms with Crippen molar-refractivity contribution in [3.05, 3.63) is 41.5 Å². The molecule has 0 heterocycles. The van der Waals surface area contributed by atoms with Crippen LogP contribution in [0.15, 0.2) is 30.3 Å². The van der Waals surface area contributed by atoms with E-state index in [1.165, 1.54) is 0 Å². The summed E-state index contributed by atoms with van der Waals surface area (Å²) in [6.07, 6.45) is 2.71. The van der Waals surface area contributed by atoms with Gasteiger partial charge in [0.15, 0.2) is 23.0 Å². The van der Waals surface area contributed by atoms with Gasteiger partial charge in [0.2, 0.25) is 11.7 Å². The molecule has 0 spiro atoms. The number of amides is 1. The van der Waals surface area contributed by atoms with Crippen molar-refractivity contribution in [1.29, 1.82) is 0 Å². The van der Waals surface area contributed by atoms with Crippen molar-refractivity contribution in [2.24, 2.45) is 0 Å². The highest BCUT2D eigenvalue weighted by molar-refractivity contribution is 5.76. The molecule has 1 atom stereocenters. The average molecular weight is 460 g/mol. The van der Waals surface area contributed by atoms with Crippen molar-refractivity contribution in [3.63, 3.8) is 0 Å². The summed E-state index contributed by atoms with van der Waals surface area (Å²) in [7, 11) is 4.72. The number of hydrogen-bond donors (Lipinski definition) is 1. The summed E-state index contributed by atoms with van der Waals surface area (Å²) < 4.78 is 27.8. The average Bonchev–Trinajstić information content (AvgIpc) is 2.84. The van der Waals surface area contributed by atoms with Gasteiger partial charge in [-0.2, -0.15) is 0 Å².